The lowest BCUT2D eigenvalue weighted by atomic mass is 10.1. The van der Waals surface area contributed by atoms with Gasteiger partial charge in [0.1, 0.15) is 5.75 Å². The number of sulfone groups is 1. The fourth-order valence-electron chi connectivity index (χ4n) is 3.58. The third-order valence-corrected chi connectivity index (χ3v) is 8.50. The first-order chi connectivity index (χ1) is 13.9. The van der Waals surface area contributed by atoms with Crippen LogP contribution in [0.5, 0.6) is 5.75 Å². The first kappa shape index (κ1) is 20.3. The van der Waals surface area contributed by atoms with Crippen LogP contribution >= 0.6 is 23.4 Å². The quantitative estimate of drug-likeness (QED) is 0.712. The number of fused-ring (bicyclic) bond motifs is 1. The number of anilines is 1. The third-order valence-electron chi connectivity index (χ3n) is 4.92. The summed E-state index contributed by atoms with van der Waals surface area (Å²) in [5.74, 6) is 0.454. The number of amidine groups is 1. The van der Waals surface area contributed by atoms with Gasteiger partial charge in [0, 0.05) is 22.0 Å². The fraction of sp³-hybridized carbons (Fsp3) is 0.300. The molecule has 152 valence electrons. The summed E-state index contributed by atoms with van der Waals surface area (Å²) in [6.45, 7) is 0. The van der Waals surface area contributed by atoms with Gasteiger partial charge in [-0.05, 0) is 23.8 Å². The van der Waals surface area contributed by atoms with E-state index >= 15 is 0 Å². The van der Waals surface area contributed by atoms with Crippen molar-refractivity contribution in [2.24, 2.45) is 4.99 Å². The van der Waals surface area contributed by atoms with E-state index in [4.69, 9.17) is 16.3 Å². The summed E-state index contributed by atoms with van der Waals surface area (Å²) in [4.78, 5) is 18.8. The summed E-state index contributed by atoms with van der Waals surface area (Å²) in [5.41, 5.74) is 1.47. The Morgan fingerprint density at radius 2 is 2.03 bits per heavy atom. The number of methoxy groups -OCH3 is 1. The lowest BCUT2D eigenvalue weighted by Crippen LogP contribution is -2.37. The van der Waals surface area contributed by atoms with Crippen LogP contribution in [-0.2, 0) is 21.1 Å². The van der Waals surface area contributed by atoms with Gasteiger partial charge in [0.25, 0.3) is 5.91 Å². The number of aliphatic imine (C=N–C) groups is 1. The van der Waals surface area contributed by atoms with E-state index in [1.165, 1.54) is 11.8 Å². The molecule has 0 saturated carbocycles. The molecule has 0 unspecified atom stereocenters. The van der Waals surface area contributed by atoms with E-state index in [1.807, 2.05) is 35.2 Å². The Labute approximate surface area is 178 Å². The summed E-state index contributed by atoms with van der Waals surface area (Å²) in [7, 11) is -1.55. The lowest BCUT2D eigenvalue weighted by Gasteiger charge is -2.24. The van der Waals surface area contributed by atoms with Crippen molar-refractivity contribution < 1.29 is 17.9 Å². The molecule has 0 radical (unpaired) electrons. The topological polar surface area (TPSA) is 76.0 Å². The van der Waals surface area contributed by atoms with Gasteiger partial charge in [-0.15, -0.1) is 0 Å². The molecule has 6 nitrogen and oxygen atoms in total. The lowest BCUT2D eigenvalue weighted by molar-refractivity contribution is -0.117. The molecule has 2 fully saturated rings. The average molecular weight is 451 g/mol. The van der Waals surface area contributed by atoms with Crippen molar-refractivity contribution >= 4 is 50.0 Å². The van der Waals surface area contributed by atoms with Gasteiger partial charge in [0.05, 0.1) is 31.1 Å². The normalized spacial score (nSPS) is 23.9. The Bertz CT molecular complexity index is 1090. The van der Waals surface area contributed by atoms with Gasteiger partial charge in [-0.25, -0.2) is 8.42 Å². The van der Waals surface area contributed by atoms with E-state index in [9.17, 15) is 13.2 Å². The van der Waals surface area contributed by atoms with Gasteiger partial charge in [-0.3, -0.25) is 4.79 Å². The number of halogens is 1. The highest BCUT2D eigenvalue weighted by molar-refractivity contribution is 8.16. The largest absolute Gasteiger partial charge is 0.497 e. The van der Waals surface area contributed by atoms with Gasteiger partial charge in [-0.2, -0.15) is 4.99 Å². The molecule has 0 aliphatic carbocycles. The molecule has 2 aromatic carbocycles. The third kappa shape index (κ3) is 4.29. The highest BCUT2D eigenvalue weighted by atomic mass is 35.5. The number of carbonyl (C=O) groups excluding carboxylic acids is 1. The van der Waals surface area contributed by atoms with Crippen molar-refractivity contribution in [2.45, 2.75) is 17.7 Å². The highest BCUT2D eigenvalue weighted by Gasteiger charge is 2.49. The summed E-state index contributed by atoms with van der Waals surface area (Å²) < 4.78 is 29.6. The standard InChI is InChI=1S/C20H19ClN2O4S2/c1-27-15-7-4-6-14(10-15)23-17-11-29(25,26)12-18(17)28-20(23)22-19(24)9-13-5-2-3-8-16(13)21/h2-8,10,17-18H,9,11-12H2,1H3/t17-,18+/m1/s1. The summed E-state index contributed by atoms with van der Waals surface area (Å²) in [5, 5.41) is 0.881. The van der Waals surface area contributed by atoms with Crippen molar-refractivity contribution in [3.63, 3.8) is 0 Å². The maximum absolute atomic E-state index is 12.6. The summed E-state index contributed by atoms with van der Waals surface area (Å²) >= 11 is 7.50. The van der Waals surface area contributed by atoms with Gasteiger partial charge in [0.2, 0.25) is 0 Å². The highest BCUT2D eigenvalue weighted by Crippen LogP contribution is 2.41. The summed E-state index contributed by atoms with van der Waals surface area (Å²) in [6, 6.07) is 14.2. The van der Waals surface area contributed by atoms with E-state index < -0.39 is 9.84 Å². The van der Waals surface area contributed by atoms with Gasteiger partial charge >= 0.3 is 0 Å². The van der Waals surface area contributed by atoms with Crippen molar-refractivity contribution in [3.05, 3.63) is 59.1 Å². The fourth-order valence-corrected chi connectivity index (χ4v) is 7.71. The smallest absolute Gasteiger partial charge is 0.252 e. The molecule has 0 aromatic heterocycles. The molecule has 9 heteroatoms. The molecule has 2 saturated heterocycles. The number of carbonyl (C=O) groups is 1. The zero-order valence-corrected chi connectivity index (χ0v) is 18.0. The van der Waals surface area contributed by atoms with Gasteiger partial charge < -0.3 is 9.64 Å². The van der Waals surface area contributed by atoms with Crippen LogP contribution in [0, 0.1) is 0 Å². The molecular weight excluding hydrogens is 432 g/mol. The molecule has 2 aliphatic heterocycles. The van der Waals surface area contributed by atoms with Crippen molar-refractivity contribution in [1.82, 2.24) is 0 Å². The molecular formula is C20H19ClN2O4S2. The molecule has 2 aliphatic rings. The number of hydrogen-bond donors (Lipinski definition) is 0. The molecule has 0 N–H and O–H groups in total. The zero-order chi connectivity index (χ0) is 20.6. The van der Waals surface area contributed by atoms with Crippen LogP contribution in [0.1, 0.15) is 5.56 Å². The number of ether oxygens (including phenoxy) is 1. The number of hydrogen-bond acceptors (Lipinski definition) is 5. The number of rotatable bonds is 4. The van der Waals surface area contributed by atoms with E-state index in [2.05, 4.69) is 4.99 Å². The average Bonchev–Trinajstić information content (AvgIpc) is 3.14. The van der Waals surface area contributed by atoms with E-state index in [1.54, 1.807) is 25.3 Å². The molecule has 29 heavy (non-hydrogen) atoms. The molecule has 2 atom stereocenters. The molecule has 2 aromatic rings. The van der Waals surface area contributed by atoms with Gasteiger partial charge in [0.15, 0.2) is 15.0 Å². The van der Waals surface area contributed by atoms with Crippen molar-refractivity contribution in [1.29, 1.82) is 0 Å². The zero-order valence-electron chi connectivity index (χ0n) is 15.6. The van der Waals surface area contributed by atoms with Crippen LogP contribution in [-0.4, -0.2) is 49.4 Å². The molecule has 0 spiro atoms. The summed E-state index contributed by atoms with van der Waals surface area (Å²) in [6.07, 6.45) is 0.0866. The second kappa shape index (κ2) is 8.01. The molecule has 0 bridgehead atoms. The van der Waals surface area contributed by atoms with E-state index in [0.29, 0.717) is 21.5 Å². The van der Waals surface area contributed by atoms with Crippen LogP contribution < -0.4 is 9.64 Å². The Balaban J connectivity index is 1.66. The molecule has 2 heterocycles. The van der Waals surface area contributed by atoms with Crippen molar-refractivity contribution in [2.75, 3.05) is 23.5 Å². The molecule has 4 rings (SSSR count). The maximum Gasteiger partial charge on any atom is 0.252 e. The van der Waals surface area contributed by atoms with Crippen LogP contribution in [0.3, 0.4) is 0 Å². The van der Waals surface area contributed by atoms with E-state index in [-0.39, 0.29) is 35.1 Å². The van der Waals surface area contributed by atoms with Crippen LogP contribution in [0.2, 0.25) is 5.02 Å². The number of thioether (sulfide) groups is 1. The van der Waals surface area contributed by atoms with Crippen LogP contribution in [0.25, 0.3) is 0 Å². The number of nitrogens with zero attached hydrogens (tertiary/aromatic N) is 2. The Kier molecular flexibility index (Phi) is 5.59. The monoisotopic (exact) mass is 450 g/mol. The van der Waals surface area contributed by atoms with Gasteiger partial charge in [-0.1, -0.05) is 47.6 Å². The number of amides is 1. The van der Waals surface area contributed by atoms with Crippen molar-refractivity contribution in [3.8, 4) is 5.75 Å². The Morgan fingerprint density at radius 3 is 2.79 bits per heavy atom. The Morgan fingerprint density at radius 1 is 1.24 bits per heavy atom. The predicted molar refractivity (Wildman–Crippen MR) is 117 cm³/mol. The predicted octanol–water partition coefficient (Wildman–Crippen LogP) is 3.19. The first-order valence-corrected chi connectivity index (χ1v) is 12.1. The minimum atomic E-state index is -3.12. The second-order valence-corrected chi connectivity index (χ2v) is 10.7. The van der Waals surface area contributed by atoms with Crippen LogP contribution in [0.15, 0.2) is 53.5 Å². The van der Waals surface area contributed by atoms with Crippen LogP contribution in [0.4, 0.5) is 5.69 Å². The SMILES string of the molecule is COc1cccc(N2C(=NC(=O)Cc3ccccc3Cl)S[C@H]3CS(=O)(=O)C[C@H]32)c1. The van der Waals surface area contributed by atoms with E-state index in [0.717, 1.165) is 5.69 Å². The second-order valence-electron chi connectivity index (χ2n) is 6.93. The minimum Gasteiger partial charge on any atom is -0.497 e. The first-order valence-electron chi connectivity index (χ1n) is 9.01. The molecule has 1 amide bonds. The Hall–Kier alpha value is -2.03. The minimum absolute atomic E-state index is 0.0413. The maximum atomic E-state index is 12.6. The number of benzene rings is 2.